The van der Waals surface area contributed by atoms with Crippen LogP contribution in [0.5, 0.6) is 0 Å². The fourth-order valence-corrected chi connectivity index (χ4v) is 0. The molecule has 0 saturated heterocycles. The maximum absolute atomic E-state index is 10.9. The third-order valence-electron chi connectivity index (χ3n) is 1.04. The minimum atomic E-state index is -2.34. The summed E-state index contributed by atoms with van der Waals surface area (Å²) in [5.74, 6) is 3.35. The van der Waals surface area contributed by atoms with Crippen LogP contribution >= 0.6 is 0 Å². The summed E-state index contributed by atoms with van der Waals surface area (Å²) >= 11 is 0. The van der Waals surface area contributed by atoms with Gasteiger partial charge in [-0.3, -0.25) is 9.35 Å². The molecule has 0 heterocycles. The van der Waals surface area contributed by atoms with Crippen LogP contribution in [-0.4, -0.2) is 14.8 Å². The largest absolute Gasteiger partial charge is 0.259 e. The van der Waals surface area contributed by atoms with E-state index in [1.807, 2.05) is 20.8 Å². The van der Waals surface area contributed by atoms with E-state index < -0.39 is 9.71 Å². The van der Waals surface area contributed by atoms with Crippen molar-refractivity contribution in [2.24, 2.45) is 5.14 Å². The van der Waals surface area contributed by atoms with Gasteiger partial charge in [0.15, 0.2) is 0 Å². The zero-order valence-corrected chi connectivity index (χ0v) is 6.42. The summed E-state index contributed by atoms with van der Waals surface area (Å²) in [6.45, 7) is 5.42. The number of rotatable bonds is 0. The Kier molecular flexibility index (Phi) is 1.73. The smallest absolute Gasteiger partial charge is 0.0426 e. The van der Waals surface area contributed by atoms with Gasteiger partial charge in [-0.1, -0.05) is 0 Å². The Hall–Kier alpha value is -0.0200. The maximum atomic E-state index is 10.9. The zero-order chi connectivity index (χ0) is 7.00. The average molecular weight is 135 g/mol. The molecule has 1 unspecified atom stereocenters. The lowest BCUT2D eigenvalue weighted by atomic mass is 10.3. The molecule has 1 atom stereocenters. The topological polar surface area (TPSA) is 43.1 Å². The van der Waals surface area contributed by atoms with Crippen molar-refractivity contribution in [3.05, 3.63) is 0 Å². The molecule has 0 fully saturated rings. The van der Waals surface area contributed by atoms with Gasteiger partial charge in [0.05, 0.1) is 0 Å². The molecule has 0 bridgehead atoms. The number of hydrogen-bond donors (Lipinski definition) is 1. The monoisotopic (exact) mass is 135 g/mol. The minimum absolute atomic E-state index is 0.368. The van der Waals surface area contributed by atoms with E-state index in [-0.39, 0.29) is 4.75 Å². The predicted molar refractivity (Wildman–Crippen MR) is 39.2 cm³/mol. The average Bonchev–Trinajstić information content (AvgIpc) is 1.25. The fourth-order valence-electron chi connectivity index (χ4n) is 0. The third kappa shape index (κ3) is 1.84. The Balaban J connectivity index is 4.53. The van der Waals surface area contributed by atoms with E-state index in [0.29, 0.717) is 0 Å². The molecule has 2 N–H and O–H groups in total. The van der Waals surface area contributed by atoms with E-state index in [9.17, 15) is 4.21 Å². The van der Waals surface area contributed by atoms with Crippen molar-refractivity contribution >= 4 is 15.6 Å². The van der Waals surface area contributed by atoms with Gasteiger partial charge < -0.3 is 0 Å². The van der Waals surface area contributed by atoms with E-state index in [2.05, 4.69) is 5.87 Å². The van der Waals surface area contributed by atoms with Gasteiger partial charge in [-0.15, -0.1) is 0 Å². The Bertz CT molecular complexity index is 161. The lowest BCUT2D eigenvalue weighted by Crippen LogP contribution is -2.34. The molecular weight excluding hydrogens is 122 g/mol. The van der Waals surface area contributed by atoms with E-state index >= 15 is 0 Å². The summed E-state index contributed by atoms with van der Waals surface area (Å²) in [4.78, 5) is 0. The molecule has 8 heavy (non-hydrogen) atoms. The Labute approximate surface area is 51.2 Å². The molecule has 0 aromatic rings. The summed E-state index contributed by atoms with van der Waals surface area (Å²) in [6, 6.07) is 0. The predicted octanol–water partition coefficient (Wildman–Crippen LogP) is 0.375. The molecule has 0 aliphatic carbocycles. The molecule has 2 nitrogen and oxygen atoms in total. The van der Waals surface area contributed by atoms with Crippen LogP contribution in [0.25, 0.3) is 0 Å². The van der Waals surface area contributed by atoms with Crippen molar-refractivity contribution in [3.63, 3.8) is 0 Å². The van der Waals surface area contributed by atoms with Gasteiger partial charge in [-0.2, -0.15) is 0 Å². The molecule has 0 saturated carbocycles. The van der Waals surface area contributed by atoms with Crippen LogP contribution in [-0.2, 0) is 9.71 Å². The zero-order valence-electron chi connectivity index (χ0n) is 5.60. The Morgan fingerprint density at radius 2 is 1.62 bits per heavy atom. The maximum Gasteiger partial charge on any atom is 0.0426 e. The first kappa shape index (κ1) is 7.98. The van der Waals surface area contributed by atoms with Crippen molar-refractivity contribution in [1.82, 2.24) is 0 Å². The lowest BCUT2D eigenvalue weighted by Gasteiger charge is -2.19. The van der Waals surface area contributed by atoms with Crippen LogP contribution < -0.4 is 5.14 Å². The highest BCUT2D eigenvalue weighted by Crippen LogP contribution is 2.09. The van der Waals surface area contributed by atoms with Crippen LogP contribution in [0.1, 0.15) is 20.8 Å². The fraction of sp³-hybridized carbons (Fsp3) is 0.800. The van der Waals surface area contributed by atoms with Gasteiger partial charge in [0.1, 0.15) is 0 Å². The highest BCUT2D eigenvalue weighted by atomic mass is 32.2. The number of nitrogens with two attached hydrogens (primary N) is 1. The van der Waals surface area contributed by atoms with Crippen LogP contribution in [0, 0.1) is 0 Å². The second-order valence-corrected chi connectivity index (χ2v) is 5.52. The first-order chi connectivity index (χ1) is 3.25. The van der Waals surface area contributed by atoms with Crippen molar-refractivity contribution in [3.8, 4) is 0 Å². The van der Waals surface area contributed by atoms with Crippen LogP contribution in [0.15, 0.2) is 0 Å². The molecule has 0 rings (SSSR count). The second-order valence-electron chi connectivity index (χ2n) is 2.84. The van der Waals surface area contributed by atoms with Crippen LogP contribution in [0.2, 0.25) is 0 Å². The Morgan fingerprint density at radius 3 is 1.62 bits per heavy atom. The standard InChI is InChI=1S/C5H13NOS/c1-5(2,3)8(4,6)7/h4H2,1-3H3,(H2,6,7). The van der Waals surface area contributed by atoms with Gasteiger partial charge in [0.2, 0.25) is 0 Å². The molecule has 0 aliphatic heterocycles. The van der Waals surface area contributed by atoms with E-state index in [4.69, 9.17) is 5.14 Å². The first-order valence-electron chi connectivity index (χ1n) is 2.40. The second kappa shape index (κ2) is 1.74. The highest BCUT2D eigenvalue weighted by molar-refractivity contribution is 7.99. The van der Waals surface area contributed by atoms with Gasteiger partial charge in [0, 0.05) is 14.5 Å². The quantitative estimate of drug-likeness (QED) is 0.479. The van der Waals surface area contributed by atoms with E-state index in [0.717, 1.165) is 0 Å². The minimum Gasteiger partial charge on any atom is -0.259 e. The summed E-state index contributed by atoms with van der Waals surface area (Å²) in [5, 5.41) is 5.23. The normalized spacial score (nSPS) is 20.0. The SMILES string of the molecule is C=S(N)(=O)C(C)(C)C. The van der Waals surface area contributed by atoms with Crippen molar-refractivity contribution in [2.45, 2.75) is 25.5 Å². The summed E-state index contributed by atoms with van der Waals surface area (Å²) in [7, 11) is -2.34. The van der Waals surface area contributed by atoms with Gasteiger partial charge >= 0.3 is 0 Å². The molecule has 0 radical (unpaired) electrons. The summed E-state index contributed by atoms with van der Waals surface area (Å²) in [6.07, 6.45) is 0. The third-order valence-corrected chi connectivity index (χ3v) is 3.11. The molecular formula is C5H13NOS. The molecule has 0 aromatic heterocycles. The molecule has 0 spiro atoms. The molecule has 0 aromatic carbocycles. The van der Waals surface area contributed by atoms with Crippen molar-refractivity contribution in [1.29, 1.82) is 0 Å². The van der Waals surface area contributed by atoms with Crippen molar-refractivity contribution < 1.29 is 4.21 Å². The molecule has 0 amide bonds. The van der Waals surface area contributed by atoms with Crippen LogP contribution in [0.4, 0.5) is 0 Å². The highest BCUT2D eigenvalue weighted by Gasteiger charge is 2.17. The van der Waals surface area contributed by atoms with Gasteiger partial charge in [-0.05, 0) is 26.6 Å². The summed E-state index contributed by atoms with van der Waals surface area (Å²) < 4.78 is 10.5. The molecule has 3 heteroatoms. The first-order valence-corrected chi connectivity index (χ1v) is 4.19. The summed E-state index contributed by atoms with van der Waals surface area (Å²) in [5.41, 5.74) is 0. The molecule has 50 valence electrons. The lowest BCUT2D eigenvalue weighted by molar-refractivity contribution is 0.647. The van der Waals surface area contributed by atoms with Gasteiger partial charge in [0.25, 0.3) is 0 Å². The Morgan fingerprint density at radius 1 is 1.50 bits per heavy atom. The van der Waals surface area contributed by atoms with E-state index in [1.165, 1.54) is 0 Å². The van der Waals surface area contributed by atoms with E-state index in [1.54, 1.807) is 0 Å². The van der Waals surface area contributed by atoms with Crippen LogP contribution in [0.3, 0.4) is 0 Å². The molecule has 0 aliphatic rings. The number of hydrogen-bond acceptors (Lipinski definition) is 1. The van der Waals surface area contributed by atoms with Crippen molar-refractivity contribution in [2.75, 3.05) is 0 Å². The van der Waals surface area contributed by atoms with Gasteiger partial charge in [-0.25, -0.2) is 0 Å².